The van der Waals surface area contributed by atoms with Crippen molar-refractivity contribution in [3.05, 3.63) is 29.3 Å². The van der Waals surface area contributed by atoms with Gasteiger partial charge in [0, 0.05) is 26.7 Å². The second kappa shape index (κ2) is 7.45. The molecule has 0 bridgehead atoms. The molecule has 3 rings (SSSR count). The van der Waals surface area contributed by atoms with E-state index in [1.807, 2.05) is 0 Å². The quantitative estimate of drug-likeness (QED) is 0.722. The zero-order chi connectivity index (χ0) is 19.8. The van der Waals surface area contributed by atoms with Crippen LogP contribution < -0.4 is 5.32 Å². The molecule has 9 nitrogen and oxygen atoms in total. The second-order valence-electron chi connectivity index (χ2n) is 6.75. The van der Waals surface area contributed by atoms with Crippen molar-refractivity contribution >= 4 is 22.0 Å². The number of aryl methyl sites for hydroxylation is 1. The van der Waals surface area contributed by atoms with Crippen molar-refractivity contribution in [2.75, 3.05) is 33.4 Å². The van der Waals surface area contributed by atoms with Gasteiger partial charge in [-0.15, -0.1) is 0 Å². The molecule has 0 aliphatic carbocycles. The Balaban J connectivity index is 1.79. The van der Waals surface area contributed by atoms with Crippen LogP contribution in [-0.4, -0.2) is 80.2 Å². The van der Waals surface area contributed by atoms with Gasteiger partial charge in [0.15, 0.2) is 0 Å². The van der Waals surface area contributed by atoms with Crippen LogP contribution in [0.25, 0.3) is 0 Å². The number of piperidine rings is 1. The number of carboxylic acids is 1. The third kappa shape index (κ3) is 3.64. The van der Waals surface area contributed by atoms with Crippen molar-refractivity contribution in [3.63, 3.8) is 0 Å². The molecule has 1 aromatic carbocycles. The molecule has 0 spiro atoms. The van der Waals surface area contributed by atoms with Gasteiger partial charge in [-0.3, -0.25) is 0 Å². The van der Waals surface area contributed by atoms with Crippen LogP contribution in [0.3, 0.4) is 0 Å². The molecule has 0 saturated carbocycles. The summed E-state index contributed by atoms with van der Waals surface area (Å²) in [5, 5.41) is 11.9. The zero-order valence-electron chi connectivity index (χ0n) is 15.2. The number of benzene rings is 1. The van der Waals surface area contributed by atoms with Crippen molar-refractivity contribution in [1.29, 1.82) is 0 Å². The summed E-state index contributed by atoms with van der Waals surface area (Å²) >= 11 is 0. The molecule has 2 saturated heterocycles. The van der Waals surface area contributed by atoms with Crippen molar-refractivity contribution < 1.29 is 27.9 Å². The Hall–Kier alpha value is -2.17. The van der Waals surface area contributed by atoms with Gasteiger partial charge in [-0.2, -0.15) is 4.31 Å². The number of aromatic carboxylic acids is 1. The van der Waals surface area contributed by atoms with Crippen LogP contribution in [0.4, 0.5) is 4.79 Å². The molecule has 2 fully saturated rings. The number of hydrogen-bond acceptors (Lipinski definition) is 5. The third-order valence-corrected chi connectivity index (χ3v) is 7.11. The molecule has 2 aliphatic rings. The van der Waals surface area contributed by atoms with Crippen molar-refractivity contribution in [2.45, 2.75) is 30.3 Å². The number of rotatable bonds is 6. The zero-order valence-corrected chi connectivity index (χ0v) is 16.0. The summed E-state index contributed by atoms with van der Waals surface area (Å²) < 4.78 is 32.5. The van der Waals surface area contributed by atoms with Gasteiger partial charge in [0.2, 0.25) is 10.0 Å². The number of hydrogen-bond donors (Lipinski definition) is 2. The number of carbonyl (C=O) groups is 2. The minimum atomic E-state index is -3.78. The van der Waals surface area contributed by atoms with Crippen LogP contribution >= 0.6 is 0 Å². The SMILES string of the molecule is COCCN1C(=O)N[C@H]2CN(S(=O)(=O)c3ccc(C(=O)O)cc3C)CC[C@H]21. The Kier molecular flexibility index (Phi) is 5.41. The number of urea groups is 1. The highest BCUT2D eigenvalue weighted by Crippen LogP contribution is 2.28. The lowest BCUT2D eigenvalue weighted by molar-refractivity contribution is 0.0696. The molecule has 2 atom stereocenters. The summed E-state index contributed by atoms with van der Waals surface area (Å²) in [4.78, 5) is 25.0. The smallest absolute Gasteiger partial charge is 0.335 e. The van der Waals surface area contributed by atoms with Gasteiger partial charge in [0.05, 0.1) is 29.1 Å². The molecular weight excluding hydrogens is 374 g/mol. The molecule has 2 heterocycles. The Morgan fingerprint density at radius 3 is 2.78 bits per heavy atom. The van der Waals surface area contributed by atoms with Gasteiger partial charge >= 0.3 is 12.0 Å². The molecule has 27 heavy (non-hydrogen) atoms. The minimum absolute atomic E-state index is 0.0435. The van der Waals surface area contributed by atoms with Crippen molar-refractivity contribution in [2.24, 2.45) is 0 Å². The molecule has 1 aromatic rings. The standard InChI is InChI=1S/C17H23N3O6S/c1-11-9-12(16(21)22)3-4-15(11)27(24,25)19-6-5-14-13(10-19)18-17(23)20(14)7-8-26-2/h3-4,9,13-14H,5-8,10H2,1-2H3,(H,18,23)(H,21,22)/t13-,14+/m0/s1. The number of nitrogens with zero attached hydrogens (tertiary/aromatic N) is 2. The molecule has 2 amide bonds. The van der Waals surface area contributed by atoms with Gasteiger partial charge in [-0.1, -0.05) is 0 Å². The number of carboxylic acid groups (broad SMARTS) is 1. The number of nitrogens with one attached hydrogen (secondary N) is 1. The average Bonchev–Trinajstić information content (AvgIpc) is 2.93. The van der Waals surface area contributed by atoms with Gasteiger partial charge < -0.3 is 20.1 Å². The number of sulfonamides is 1. The predicted molar refractivity (Wildman–Crippen MR) is 96.2 cm³/mol. The lowest BCUT2D eigenvalue weighted by Gasteiger charge is -2.36. The van der Waals surface area contributed by atoms with E-state index < -0.39 is 16.0 Å². The van der Waals surface area contributed by atoms with E-state index in [9.17, 15) is 18.0 Å². The average molecular weight is 397 g/mol. The largest absolute Gasteiger partial charge is 0.478 e. The Morgan fingerprint density at radius 2 is 2.15 bits per heavy atom. The molecule has 0 radical (unpaired) electrons. The Morgan fingerprint density at radius 1 is 1.41 bits per heavy atom. The molecule has 2 aliphatic heterocycles. The van der Waals surface area contributed by atoms with E-state index >= 15 is 0 Å². The van der Waals surface area contributed by atoms with Crippen LogP contribution in [0.1, 0.15) is 22.3 Å². The van der Waals surface area contributed by atoms with E-state index in [-0.39, 0.29) is 35.1 Å². The van der Waals surface area contributed by atoms with E-state index in [1.54, 1.807) is 18.9 Å². The van der Waals surface area contributed by atoms with Gasteiger partial charge in [0.25, 0.3) is 0 Å². The van der Waals surface area contributed by atoms with Crippen LogP contribution in [0.5, 0.6) is 0 Å². The summed E-state index contributed by atoms with van der Waals surface area (Å²) in [6, 6.07) is 3.43. The monoisotopic (exact) mass is 397 g/mol. The van der Waals surface area contributed by atoms with Crippen molar-refractivity contribution in [1.82, 2.24) is 14.5 Å². The van der Waals surface area contributed by atoms with Crippen LogP contribution in [0.15, 0.2) is 23.1 Å². The van der Waals surface area contributed by atoms with E-state index in [2.05, 4.69) is 5.32 Å². The van der Waals surface area contributed by atoms with Gasteiger partial charge in [-0.25, -0.2) is 18.0 Å². The van der Waals surface area contributed by atoms with E-state index in [0.29, 0.717) is 31.7 Å². The fourth-order valence-corrected chi connectivity index (χ4v) is 5.39. The van der Waals surface area contributed by atoms with E-state index in [0.717, 1.165) is 0 Å². The van der Waals surface area contributed by atoms with Crippen LogP contribution in [-0.2, 0) is 14.8 Å². The highest BCUT2D eigenvalue weighted by molar-refractivity contribution is 7.89. The maximum Gasteiger partial charge on any atom is 0.335 e. The highest BCUT2D eigenvalue weighted by Gasteiger charge is 2.45. The molecule has 148 valence electrons. The maximum atomic E-state index is 13.0. The first-order valence-electron chi connectivity index (χ1n) is 8.66. The van der Waals surface area contributed by atoms with E-state index in [1.165, 1.54) is 22.5 Å². The van der Waals surface area contributed by atoms with Gasteiger partial charge in [-0.05, 0) is 37.1 Å². The summed E-state index contributed by atoms with van der Waals surface area (Å²) in [5.41, 5.74) is 0.427. The molecular formula is C17H23N3O6S. The molecule has 0 aromatic heterocycles. The summed E-state index contributed by atoms with van der Waals surface area (Å²) in [6.07, 6.45) is 0.526. The third-order valence-electron chi connectivity index (χ3n) is 5.09. The molecule has 10 heteroatoms. The predicted octanol–water partition coefficient (Wildman–Crippen LogP) is 0.496. The fourth-order valence-electron chi connectivity index (χ4n) is 3.70. The number of amides is 2. The topological polar surface area (TPSA) is 116 Å². The highest BCUT2D eigenvalue weighted by atomic mass is 32.2. The fraction of sp³-hybridized carbons (Fsp3) is 0.529. The number of carbonyl (C=O) groups excluding carboxylic acids is 1. The normalized spacial score (nSPS) is 23.2. The van der Waals surface area contributed by atoms with Crippen molar-refractivity contribution in [3.8, 4) is 0 Å². The first-order chi connectivity index (χ1) is 12.8. The summed E-state index contributed by atoms with van der Waals surface area (Å²) in [7, 11) is -2.21. The second-order valence-corrected chi connectivity index (χ2v) is 8.65. The first kappa shape index (κ1) is 19.6. The lowest BCUT2D eigenvalue weighted by Crippen LogP contribution is -2.53. The first-order valence-corrected chi connectivity index (χ1v) is 10.1. The maximum absolute atomic E-state index is 13.0. The lowest BCUT2D eigenvalue weighted by atomic mass is 10.0. The Labute approximate surface area is 157 Å². The minimum Gasteiger partial charge on any atom is -0.478 e. The van der Waals surface area contributed by atoms with Gasteiger partial charge in [0.1, 0.15) is 0 Å². The van der Waals surface area contributed by atoms with Crippen LogP contribution in [0.2, 0.25) is 0 Å². The summed E-state index contributed by atoms with van der Waals surface area (Å²) in [6.45, 7) is 2.94. The number of methoxy groups -OCH3 is 1. The summed E-state index contributed by atoms with van der Waals surface area (Å²) in [5.74, 6) is -1.10. The Bertz CT molecular complexity index is 856. The molecule has 2 N–H and O–H groups in total. The number of fused-ring (bicyclic) bond motifs is 1. The van der Waals surface area contributed by atoms with Crippen LogP contribution in [0, 0.1) is 6.92 Å². The molecule has 0 unspecified atom stereocenters. The van der Waals surface area contributed by atoms with E-state index in [4.69, 9.17) is 9.84 Å². The number of ether oxygens (including phenoxy) is 1.